The zero-order valence-electron chi connectivity index (χ0n) is 25.0. The van der Waals surface area contributed by atoms with Crippen LogP contribution in [-0.4, -0.2) is 19.1 Å². The van der Waals surface area contributed by atoms with Gasteiger partial charge >= 0.3 is 0 Å². The molecule has 0 spiro atoms. The van der Waals surface area contributed by atoms with E-state index < -0.39 is 0 Å². The van der Waals surface area contributed by atoms with E-state index in [0.717, 1.165) is 46.6 Å². The number of benzene rings is 5. The second kappa shape index (κ2) is 10.2. The van der Waals surface area contributed by atoms with Crippen molar-refractivity contribution in [2.75, 3.05) is 0 Å². The van der Waals surface area contributed by atoms with Crippen LogP contribution in [-0.2, 0) is 6.42 Å². The maximum absolute atomic E-state index is 4.69. The fourth-order valence-corrected chi connectivity index (χ4v) is 7.24. The first-order valence-corrected chi connectivity index (χ1v) is 15.6. The number of para-hydroxylation sites is 2. The third-order valence-electron chi connectivity index (χ3n) is 9.30. The van der Waals surface area contributed by atoms with Gasteiger partial charge in [0.25, 0.3) is 0 Å². The second-order valence-corrected chi connectivity index (χ2v) is 11.8. The van der Waals surface area contributed by atoms with Crippen molar-refractivity contribution in [3.05, 3.63) is 151 Å². The first-order valence-electron chi connectivity index (χ1n) is 15.6. The van der Waals surface area contributed by atoms with Gasteiger partial charge in [-0.15, -0.1) is 0 Å². The van der Waals surface area contributed by atoms with Crippen molar-refractivity contribution < 1.29 is 0 Å². The number of rotatable bonds is 4. The highest BCUT2D eigenvalue weighted by Gasteiger charge is 2.20. The van der Waals surface area contributed by atoms with Crippen molar-refractivity contribution in [1.82, 2.24) is 19.1 Å². The van der Waals surface area contributed by atoms with E-state index in [9.17, 15) is 0 Å². The molecule has 0 aliphatic heterocycles. The Balaban J connectivity index is 1.18. The van der Waals surface area contributed by atoms with Gasteiger partial charge in [-0.05, 0) is 73.9 Å². The average molecular weight is 579 g/mol. The average Bonchev–Trinajstić information content (AvgIpc) is 3.62. The topological polar surface area (TPSA) is 35.6 Å². The van der Waals surface area contributed by atoms with Crippen LogP contribution in [0.2, 0.25) is 0 Å². The number of hydrogen-bond donors (Lipinski definition) is 0. The summed E-state index contributed by atoms with van der Waals surface area (Å²) in [4.78, 5) is 9.29. The summed E-state index contributed by atoms with van der Waals surface area (Å²) in [7, 11) is 0. The lowest BCUT2D eigenvalue weighted by Crippen LogP contribution is -2.00. The standard InChI is InChI=1S/C41H30N4/c1-27-40(28-11-3-2-4-12-28)42-26-43-41(27)29-19-21-30(22-20-29)44-38-18-10-7-15-34(38)35-25-31(23-24-39(35)44)45-36-16-8-5-13-32(36)33-14-6-9-17-37(33)45/h2-5,7-13,15-26H,6,14H2,1H3. The normalized spacial score (nSPS) is 12.7. The highest BCUT2D eigenvalue weighted by atomic mass is 15.0. The molecule has 0 saturated heterocycles. The van der Waals surface area contributed by atoms with Gasteiger partial charge in [-0.1, -0.05) is 84.9 Å². The number of allylic oxidation sites excluding steroid dienone is 1. The molecule has 45 heavy (non-hydrogen) atoms. The molecular formula is C41H30N4. The fraction of sp³-hybridized carbons (Fsp3) is 0.0732. The van der Waals surface area contributed by atoms with Crippen LogP contribution in [0, 0.1) is 6.92 Å². The number of aryl methyl sites for hydroxylation is 1. The molecule has 9 rings (SSSR count). The Morgan fingerprint density at radius 3 is 1.96 bits per heavy atom. The number of nitrogens with zero attached hydrogens (tertiary/aromatic N) is 4. The van der Waals surface area contributed by atoms with Crippen LogP contribution >= 0.6 is 0 Å². The fourth-order valence-electron chi connectivity index (χ4n) is 7.24. The molecule has 0 N–H and O–H groups in total. The molecule has 0 radical (unpaired) electrons. The van der Waals surface area contributed by atoms with Gasteiger partial charge in [-0.25, -0.2) is 9.97 Å². The Kier molecular flexibility index (Phi) is 5.82. The van der Waals surface area contributed by atoms with Gasteiger partial charge in [0.05, 0.1) is 27.9 Å². The summed E-state index contributed by atoms with van der Waals surface area (Å²) in [6, 6.07) is 43.6. The van der Waals surface area contributed by atoms with Crippen LogP contribution in [0.25, 0.3) is 72.7 Å². The predicted molar refractivity (Wildman–Crippen MR) is 186 cm³/mol. The number of aromatic nitrogens is 4. The molecule has 0 fully saturated rings. The zero-order chi connectivity index (χ0) is 29.9. The molecule has 1 aliphatic carbocycles. The van der Waals surface area contributed by atoms with Crippen LogP contribution in [0.3, 0.4) is 0 Å². The number of fused-ring (bicyclic) bond motifs is 6. The van der Waals surface area contributed by atoms with E-state index >= 15 is 0 Å². The summed E-state index contributed by atoms with van der Waals surface area (Å²) in [6.07, 6.45) is 8.45. The van der Waals surface area contributed by atoms with Gasteiger partial charge < -0.3 is 9.13 Å². The quantitative estimate of drug-likeness (QED) is 0.208. The molecule has 5 aromatic carbocycles. The van der Waals surface area contributed by atoms with Crippen molar-refractivity contribution in [2.24, 2.45) is 0 Å². The Morgan fingerprint density at radius 2 is 1.18 bits per heavy atom. The summed E-state index contributed by atoms with van der Waals surface area (Å²) >= 11 is 0. The molecule has 0 saturated carbocycles. The van der Waals surface area contributed by atoms with Crippen LogP contribution in [0.1, 0.15) is 23.2 Å². The van der Waals surface area contributed by atoms with Crippen LogP contribution < -0.4 is 0 Å². The van der Waals surface area contributed by atoms with E-state index in [4.69, 9.17) is 0 Å². The van der Waals surface area contributed by atoms with E-state index in [0.29, 0.717) is 0 Å². The first kappa shape index (κ1) is 25.7. The molecule has 214 valence electrons. The van der Waals surface area contributed by atoms with Gasteiger partial charge in [-0.3, -0.25) is 0 Å². The van der Waals surface area contributed by atoms with E-state index in [2.05, 4.69) is 141 Å². The predicted octanol–water partition coefficient (Wildman–Crippen LogP) is 10.1. The van der Waals surface area contributed by atoms with E-state index in [1.807, 2.05) is 18.2 Å². The first-order chi connectivity index (χ1) is 22.3. The Labute approximate surface area is 261 Å². The van der Waals surface area contributed by atoms with Gasteiger partial charge in [0.15, 0.2) is 0 Å². The number of hydrogen-bond acceptors (Lipinski definition) is 2. The van der Waals surface area contributed by atoms with Gasteiger partial charge in [0, 0.05) is 49.9 Å². The molecule has 8 aromatic rings. The molecule has 0 atom stereocenters. The minimum atomic E-state index is 0.957. The molecule has 4 heteroatoms. The second-order valence-electron chi connectivity index (χ2n) is 11.8. The SMILES string of the molecule is Cc1c(-c2ccccc2)ncnc1-c1ccc(-n2c3ccccc3c3cc(-n4c5c(c6ccccc64)CCC=C5)ccc32)cc1. The van der Waals surface area contributed by atoms with Crippen molar-refractivity contribution in [1.29, 1.82) is 0 Å². The maximum Gasteiger partial charge on any atom is 0.116 e. The summed E-state index contributed by atoms with van der Waals surface area (Å²) < 4.78 is 4.82. The molecule has 3 heterocycles. The third-order valence-corrected chi connectivity index (χ3v) is 9.30. The van der Waals surface area contributed by atoms with Crippen molar-refractivity contribution in [3.63, 3.8) is 0 Å². The monoisotopic (exact) mass is 578 g/mol. The van der Waals surface area contributed by atoms with Gasteiger partial charge in [-0.2, -0.15) is 0 Å². The lowest BCUT2D eigenvalue weighted by molar-refractivity contribution is 0.968. The molecule has 0 bridgehead atoms. The molecule has 0 amide bonds. The van der Waals surface area contributed by atoms with E-state index in [1.165, 1.54) is 49.7 Å². The minimum Gasteiger partial charge on any atom is -0.310 e. The molecule has 0 unspecified atom stereocenters. The van der Waals surface area contributed by atoms with Crippen molar-refractivity contribution in [2.45, 2.75) is 19.8 Å². The summed E-state index contributed by atoms with van der Waals surface area (Å²) in [5.41, 5.74) is 13.9. The smallest absolute Gasteiger partial charge is 0.116 e. The highest BCUT2D eigenvalue weighted by Crippen LogP contribution is 2.38. The van der Waals surface area contributed by atoms with Crippen LogP contribution in [0.15, 0.2) is 134 Å². The summed E-state index contributed by atoms with van der Waals surface area (Å²) in [5.74, 6) is 0. The minimum absolute atomic E-state index is 0.957. The van der Waals surface area contributed by atoms with Crippen molar-refractivity contribution in [3.8, 4) is 33.9 Å². The maximum atomic E-state index is 4.69. The molecule has 3 aromatic heterocycles. The largest absolute Gasteiger partial charge is 0.310 e. The third kappa shape index (κ3) is 3.99. The lowest BCUT2D eigenvalue weighted by atomic mass is 10.0. The van der Waals surface area contributed by atoms with Crippen molar-refractivity contribution >= 4 is 38.8 Å². The molecule has 4 nitrogen and oxygen atoms in total. The highest BCUT2D eigenvalue weighted by molar-refractivity contribution is 6.10. The summed E-state index contributed by atoms with van der Waals surface area (Å²) in [5, 5.41) is 3.85. The van der Waals surface area contributed by atoms with E-state index in [1.54, 1.807) is 6.33 Å². The lowest BCUT2D eigenvalue weighted by Gasteiger charge is -2.13. The Morgan fingerprint density at radius 1 is 0.556 bits per heavy atom. The van der Waals surface area contributed by atoms with E-state index in [-0.39, 0.29) is 0 Å². The van der Waals surface area contributed by atoms with Gasteiger partial charge in [0.1, 0.15) is 6.33 Å². The Bertz CT molecular complexity index is 2430. The molecular weight excluding hydrogens is 548 g/mol. The van der Waals surface area contributed by atoms with Gasteiger partial charge in [0.2, 0.25) is 0 Å². The van der Waals surface area contributed by atoms with Crippen LogP contribution in [0.5, 0.6) is 0 Å². The Hall–Kier alpha value is -5.74. The van der Waals surface area contributed by atoms with Crippen LogP contribution in [0.4, 0.5) is 0 Å². The zero-order valence-corrected chi connectivity index (χ0v) is 25.0. The summed E-state index contributed by atoms with van der Waals surface area (Å²) in [6.45, 7) is 2.11. The molecule has 1 aliphatic rings.